The molecule has 0 unspecified atom stereocenters. The average Bonchev–Trinajstić information content (AvgIpc) is 3.01. The minimum absolute atomic E-state index is 0.00695. The Kier molecular flexibility index (Phi) is 5.57. The van der Waals surface area contributed by atoms with Gasteiger partial charge in [0.15, 0.2) is 0 Å². The number of carbonyl (C=O) groups excluding carboxylic acids is 1. The molecule has 1 fully saturated rings. The summed E-state index contributed by atoms with van der Waals surface area (Å²) in [6, 6.07) is 1.84. The van der Waals surface area contributed by atoms with Crippen LogP contribution in [0.3, 0.4) is 0 Å². The fourth-order valence-electron chi connectivity index (χ4n) is 3.77. The van der Waals surface area contributed by atoms with Crippen LogP contribution in [0, 0.1) is 13.8 Å². The summed E-state index contributed by atoms with van der Waals surface area (Å²) in [4.78, 5) is 42.3. The summed E-state index contributed by atoms with van der Waals surface area (Å²) in [5.74, 6) is 0.773. The van der Waals surface area contributed by atoms with Crippen molar-refractivity contribution in [1.29, 1.82) is 0 Å². The zero-order valence-electron chi connectivity index (χ0n) is 16.1. The Bertz CT molecular complexity index is 941. The van der Waals surface area contributed by atoms with E-state index < -0.39 is 0 Å². The Morgan fingerprint density at radius 2 is 2.07 bits per heavy atom. The molecule has 3 heterocycles. The SMILES string of the molecule is CCn1c([C@H]2CCCN(C(=O)CCn3c(C)cc(C)nc3=O)C2)n[nH]c1=O. The van der Waals surface area contributed by atoms with Crippen molar-refractivity contribution in [3.05, 3.63) is 44.2 Å². The molecule has 0 aliphatic carbocycles. The lowest BCUT2D eigenvalue weighted by Gasteiger charge is -2.32. The molecule has 0 saturated carbocycles. The standard InChI is InChI=1S/C18H26N6O3/c1-4-23-16(20-21-18(23)27)14-6-5-8-22(11-14)15(25)7-9-24-13(3)10-12(2)19-17(24)26/h10,14H,4-9,11H2,1-3H3,(H,21,27)/t14-/m0/s1. The molecule has 2 aromatic heterocycles. The maximum Gasteiger partial charge on any atom is 0.347 e. The monoisotopic (exact) mass is 374 g/mol. The number of H-pyrrole nitrogens is 1. The van der Waals surface area contributed by atoms with Gasteiger partial charge >= 0.3 is 11.4 Å². The molecule has 1 aliphatic rings. The van der Waals surface area contributed by atoms with Gasteiger partial charge in [0.25, 0.3) is 0 Å². The van der Waals surface area contributed by atoms with Gasteiger partial charge in [-0.1, -0.05) is 0 Å². The molecule has 9 heteroatoms. The molecule has 3 rings (SSSR count). The van der Waals surface area contributed by atoms with Crippen molar-refractivity contribution in [3.63, 3.8) is 0 Å². The number of nitrogens with one attached hydrogen (secondary N) is 1. The van der Waals surface area contributed by atoms with E-state index in [-0.39, 0.29) is 29.6 Å². The van der Waals surface area contributed by atoms with Crippen molar-refractivity contribution in [2.24, 2.45) is 0 Å². The minimum atomic E-state index is -0.319. The molecule has 1 N–H and O–H groups in total. The van der Waals surface area contributed by atoms with E-state index in [1.165, 1.54) is 4.57 Å². The van der Waals surface area contributed by atoms with Crippen LogP contribution in [0.25, 0.3) is 0 Å². The third-order valence-corrected chi connectivity index (χ3v) is 5.14. The van der Waals surface area contributed by atoms with E-state index in [0.717, 1.165) is 24.4 Å². The molecule has 0 aromatic carbocycles. The summed E-state index contributed by atoms with van der Waals surface area (Å²) >= 11 is 0. The van der Waals surface area contributed by atoms with Crippen molar-refractivity contribution in [3.8, 4) is 0 Å². The molecular weight excluding hydrogens is 348 g/mol. The third kappa shape index (κ3) is 4.01. The van der Waals surface area contributed by atoms with Crippen LogP contribution in [0.5, 0.6) is 0 Å². The maximum absolute atomic E-state index is 12.7. The van der Waals surface area contributed by atoms with Crippen molar-refractivity contribution >= 4 is 5.91 Å². The second kappa shape index (κ2) is 7.89. The maximum atomic E-state index is 12.7. The first-order chi connectivity index (χ1) is 12.9. The van der Waals surface area contributed by atoms with E-state index in [2.05, 4.69) is 15.2 Å². The van der Waals surface area contributed by atoms with E-state index in [0.29, 0.717) is 31.9 Å². The van der Waals surface area contributed by atoms with E-state index >= 15 is 0 Å². The molecule has 1 amide bonds. The van der Waals surface area contributed by atoms with Gasteiger partial charge in [-0.05, 0) is 39.7 Å². The Labute approximate surface area is 157 Å². The van der Waals surface area contributed by atoms with Crippen molar-refractivity contribution in [2.75, 3.05) is 13.1 Å². The number of likely N-dealkylation sites (tertiary alicyclic amines) is 1. The number of piperidine rings is 1. The van der Waals surface area contributed by atoms with Crippen molar-refractivity contribution in [2.45, 2.75) is 59.0 Å². The van der Waals surface area contributed by atoms with Crippen LogP contribution in [0.4, 0.5) is 0 Å². The van der Waals surface area contributed by atoms with Crippen LogP contribution in [0.1, 0.15) is 49.3 Å². The first-order valence-corrected chi connectivity index (χ1v) is 9.38. The Morgan fingerprint density at radius 1 is 1.30 bits per heavy atom. The molecule has 1 saturated heterocycles. The number of aryl methyl sites for hydroxylation is 2. The third-order valence-electron chi connectivity index (χ3n) is 5.14. The predicted molar refractivity (Wildman–Crippen MR) is 99.7 cm³/mol. The lowest BCUT2D eigenvalue weighted by atomic mass is 9.97. The Hall–Kier alpha value is -2.71. The van der Waals surface area contributed by atoms with Gasteiger partial charge in [0.05, 0.1) is 0 Å². The number of carbonyl (C=O) groups is 1. The second-order valence-electron chi connectivity index (χ2n) is 7.03. The summed E-state index contributed by atoms with van der Waals surface area (Å²) in [6.07, 6.45) is 2.01. The van der Waals surface area contributed by atoms with Gasteiger partial charge < -0.3 is 4.90 Å². The van der Waals surface area contributed by atoms with Crippen LogP contribution in [0.15, 0.2) is 15.7 Å². The summed E-state index contributed by atoms with van der Waals surface area (Å²) < 4.78 is 3.16. The highest BCUT2D eigenvalue weighted by Crippen LogP contribution is 2.25. The number of rotatable bonds is 5. The highest BCUT2D eigenvalue weighted by atomic mass is 16.2. The van der Waals surface area contributed by atoms with E-state index in [4.69, 9.17) is 0 Å². The van der Waals surface area contributed by atoms with Gasteiger partial charge in [-0.3, -0.25) is 13.9 Å². The largest absolute Gasteiger partial charge is 0.347 e. The van der Waals surface area contributed by atoms with Gasteiger partial charge in [-0.15, -0.1) is 0 Å². The summed E-state index contributed by atoms with van der Waals surface area (Å²) in [5, 5.41) is 6.66. The molecule has 0 spiro atoms. The predicted octanol–water partition coefficient (Wildman–Crippen LogP) is 0.561. The first-order valence-electron chi connectivity index (χ1n) is 9.38. The van der Waals surface area contributed by atoms with Gasteiger partial charge in [0.1, 0.15) is 5.82 Å². The lowest BCUT2D eigenvalue weighted by Crippen LogP contribution is -2.40. The zero-order chi connectivity index (χ0) is 19.6. The molecule has 1 aliphatic heterocycles. The van der Waals surface area contributed by atoms with Gasteiger partial charge in [0, 0.05) is 49.9 Å². The number of hydrogen-bond donors (Lipinski definition) is 1. The summed E-state index contributed by atoms with van der Waals surface area (Å²) in [7, 11) is 0. The van der Waals surface area contributed by atoms with Crippen molar-refractivity contribution in [1.82, 2.24) is 29.2 Å². The second-order valence-corrected chi connectivity index (χ2v) is 7.03. The quantitative estimate of drug-likeness (QED) is 0.823. The van der Waals surface area contributed by atoms with Crippen molar-refractivity contribution < 1.29 is 4.79 Å². The molecule has 27 heavy (non-hydrogen) atoms. The summed E-state index contributed by atoms with van der Waals surface area (Å²) in [5.41, 5.74) is 0.957. The Balaban J connectivity index is 1.67. The van der Waals surface area contributed by atoms with Crippen LogP contribution in [-0.4, -0.2) is 48.2 Å². The van der Waals surface area contributed by atoms with Crippen LogP contribution in [-0.2, 0) is 17.9 Å². The highest BCUT2D eigenvalue weighted by molar-refractivity contribution is 5.76. The number of aromatic nitrogens is 5. The molecular formula is C18H26N6O3. The van der Waals surface area contributed by atoms with E-state index in [9.17, 15) is 14.4 Å². The van der Waals surface area contributed by atoms with Crippen LogP contribution >= 0.6 is 0 Å². The number of nitrogens with zero attached hydrogens (tertiary/aromatic N) is 5. The summed E-state index contributed by atoms with van der Waals surface area (Å²) in [6.45, 7) is 7.64. The van der Waals surface area contributed by atoms with Gasteiger partial charge in [-0.2, -0.15) is 10.1 Å². The molecule has 0 bridgehead atoms. The normalized spacial score (nSPS) is 17.3. The first kappa shape index (κ1) is 19.1. The topological polar surface area (TPSA) is 106 Å². The molecule has 0 radical (unpaired) electrons. The smallest absolute Gasteiger partial charge is 0.342 e. The number of hydrogen-bond acceptors (Lipinski definition) is 5. The minimum Gasteiger partial charge on any atom is -0.342 e. The Morgan fingerprint density at radius 3 is 2.78 bits per heavy atom. The number of amides is 1. The van der Waals surface area contributed by atoms with Gasteiger partial charge in [0.2, 0.25) is 5.91 Å². The molecule has 9 nitrogen and oxygen atoms in total. The lowest BCUT2D eigenvalue weighted by molar-refractivity contribution is -0.132. The fraction of sp³-hybridized carbons (Fsp3) is 0.611. The van der Waals surface area contributed by atoms with Crippen LogP contribution in [0.2, 0.25) is 0 Å². The van der Waals surface area contributed by atoms with Crippen LogP contribution < -0.4 is 11.4 Å². The highest BCUT2D eigenvalue weighted by Gasteiger charge is 2.28. The average molecular weight is 374 g/mol. The van der Waals surface area contributed by atoms with Gasteiger partial charge in [-0.25, -0.2) is 14.7 Å². The molecule has 1 atom stereocenters. The van der Waals surface area contributed by atoms with E-state index in [1.54, 1.807) is 11.5 Å². The number of aromatic amines is 1. The fourth-order valence-corrected chi connectivity index (χ4v) is 3.77. The molecule has 2 aromatic rings. The van der Waals surface area contributed by atoms with E-state index in [1.807, 2.05) is 24.8 Å². The zero-order valence-corrected chi connectivity index (χ0v) is 16.1. The molecule has 146 valence electrons.